The molecule has 0 bridgehead atoms. The fraction of sp³-hybridized carbons (Fsp3) is 0.500. The molecule has 2 rings (SSSR count). The van der Waals surface area contributed by atoms with Gasteiger partial charge in [-0.15, -0.1) is 0 Å². The number of nitrogens with one attached hydrogen (secondary N) is 1. The predicted molar refractivity (Wildman–Crippen MR) is 70.3 cm³/mol. The molecule has 1 aromatic carbocycles. The number of likely N-dealkylation sites (N-methyl/N-ethyl adjacent to an activating group) is 1. The van der Waals surface area contributed by atoms with E-state index in [4.69, 9.17) is 16.3 Å². The van der Waals surface area contributed by atoms with Crippen LogP contribution in [0.2, 0.25) is 5.02 Å². The van der Waals surface area contributed by atoms with Crippen molar-refractivity contribution < 1.29 is 4.74 Å². The third kappa shape index (κ3) is 2.92. The summed E-state index contributed by atoms with van der Waals surface area (Å²) in [7, 11) is 1.97. The van der Waals surface area contributed by atoms with Crippen LogP contribution in [0.5, 0.6) is 0 Å². The van der Waals surface area contributed by atoms with Crippen molar-refractivity contribution in [2.24, 2.45) is 0 Å². The lowest BCUT2D eigenvalue weighted by Gasteiger charge is -2.30. The molecule has 1 saturated heterocycles. The van der Waals surface area contributed by atoms with Gasteiger partial charge in [0.15, 0.2) is 0 Å². The minimum Gasteiger partial charge on any atom is -0.375 e. The first-order valence-corrected chi connectivity index (χ1v) is 6.96. The smallest absolute Gasteiger partial charge is 0.0860 e. The van der Waals surface area contributed by atoms with Gasteiger partial charge in [0.05, 0.1) is 18.8 Å². The summed E-state index contributed by atoms with van der Waals surface area (Å²) in [5.74, 6) is 2.14. The first-order valence-electron chi connectivity index (χ1n) is 5.43. The molecule has 0 amide bonds. The van der Waals surface area contributed by atoms with Gasteiger partial charge in [0.25, 0.3) is 0 Å². The van der Waals surface area contributed by atoms with Gasteiger partial charge in [0.2, 0.25) is 0 Å². The molecular formula is C12H16ClNOS. The second-order valence-electron chi connectivity index (χ2n) is 3.81. The van der Waals surface area contributed by atoms with Gasteiger partial charge in [-0.05, 0) is 24.7 Å². The molecule has 1 aliphatic heterocycles. The Morgan fingerprint density at radius 2 is 2.44 bits per heavy atom. The van der Waals surface area contributed by atoms with Crippen LogP contribution >= 0.6 is 23.4 Å². The van der Waals surface area contributed by atoms with Crippen LogP contribution in [0, 0.1) is 0 Å². The Kier molecular flexibility index (Phi) is 4.53. The van der Waals surface area contributed by atoms with Crippen molar-refractivity contribution in [2.75, 3.05) is 25.2 Å². The van der Waals surface area contributed by atoms with E-state index in [2.05, 4.69) is 11.4 Å². The van der Waals surface area contributed by atoms with Gasteiger partial charge in [0, 0.05) is 16.5 Å². The summed E-state index contributed by atoms with van der Waals surface area (Å²) >= 11 is 7.96. The second kappa shape index (κ2) is 5.92. The number of rotatable bonds is 3. The van der Waals surface area contributed by atoms with Crippen LogP contribution in [0.15, 0.2) is 24.3 Å². The molecule has 2 atom stereocenters. The minimum absolute atomic E-state index is 0.228. The molecule has 1 N–H and O–H groups in total. The lowest BCUT2D eigenvalue weighted by atomic mass is 10.0. The van der Waals surface area contributed by atoms with E-state index in [0.29, 0.717) is 0 Å². The van der Waals surface area contributed by atoms with E-state index in [1.807, 2.05) is 37.0 Å². The zero-order chi connectivity index (χ0) is 11.4. The molecule has 88 valence electrons. The summed E-state index contributed by atoms with van der Waals surface area (Å²) in [5, 5.41) is 4.10. The fourth-order valence-electron chi connectivity index (χ4n) is 1.97. The number of hydrogen-bond donors (Lipinski definition) is 1. The number of thioether (sulfide) groups is 1. The maximum atomic E-state index is 6.01. The zero-order valence-corrected chi connectivity index (χ0v) is 10.9. The summed E-state index contributed by atoms with van der Waals surface area (Å²) in [5.41, 5.74) is 1.20. The summed E-state index contributed by atoms with van der Waals surface area (Å²) in [4.78, 5) is 0. The molecule has 2 unspecified atom stereocenters. The average Bonchev–Trinajstić information content (AvgIpc) is 2.31. The van der Waals surface area contributed by atoms with Crippen molar-refractivity contribution in [2.45, 2.75) is 12.1 Å². The van der Waals surface area contributed by atoms with E-state index in [1.54, 1.807) is 0 Å². The van der Waals surface area contributed by atoms with Gasteiger partial charge in [-0.1, -0.05) is 23.7 Å². The molecule has 0 saturated carbocycles. The largest absolute Gasteiger partial charge is 0.375 e. The van der Waals surface area contributed by atoms with E-state index in [9.17, 15) is 0 Å². The second-order valence-corrected chi connectivity index (χ2v) is 5.39. The highest BCUT2D eigenvalue weighted by molar-refractivity contribution is 7.99. The topological polar surface area (TPSA) is 21.3 Å². The standard InChI is InChI=1S/C12H16ClNOS/c1-14-12(11-8-16-6-5-15-11)9-3-2-4-10(13)7-9/h2-4,7,11-12,14H,5-6,8H2,1H3. The summed E-state index contributed by atoms with van der Waals surface area (Å²) < 4.78 is 5.80. The fourth-order valence-corrected chi connectivity index (χ4v) is 3.07. The highest BCUT2D eigenvalue weighted by Gasteiger charge is 2.24. The summed E-state index contributed by atoms with van der Waals surface area (Å²) in [6.45, 7) is 0.841. The molecule has 0 spiro atoms. The quantitative estimate of drug-likeness (QED) is 0.900. The van der Waals surface area contributed by atoms with Crippen molar-refractivity contribution in [3.05, 3.63) is 34.9 Å². The van der Waals surface area contributed by atoms with Crippen molar-refractivity contribution in [1.82, 2.24) is 5.32 Å². The Morgan fingerprint density at radius 1 is 1.56 bits per heavy atom. The predicted octanol–water partition coefficient (Wildman–Crippen LogP) is 2.73. The molecular weight excluding hydrogens is 242 g/mol. The average molecular weight is 258 g/mol. The first-order chi connectivity index (χ1) is 7.81. The summed E-state index contributed by atoms with van der Waals surface area (Å²) in [6.07, 6.45) is 0.238. The molecule has 1 aliphatic rings. The molecule has 2 nitrogen and oxygen atoms in total. The Balaban J connectivity index is 2.14. The number of ether oxygens (including phenoxy) is 1. The van der Waals surface area contributed by atoms with Gasteiger partial charge in [-0.25, -0.2) is 0 Å². The number of hydrogen-bond acceptors (Lipinski definition) is 3. The van der Waals surface area contributed by atoms with Gasteiger partial charge in [0.1, 0.15) is 0 Å². The van der Waals surface area contributed by atoms with Crippen LogP contribution in [-0.4, -0.2) is 31.3 Å². The first kappa shape index (κ1) is 12.2. The maximum absolute atomic E-state index is 6.01. The van der Waals surface area contributed by atoms with E-state index >= 15 is 0 Å². The van der Waals surface area contributed by atoms with Crippen LogP contribution in [0.1, 0.15) is 11.6 Å². The highest BCUT2D eigenvalue weighted by Crippen LogP contribution is 2.26. The third-order valence-corrected chi connectivity index (χ3v) is 3.99. The molecule has 0 aromatic heterocycles. The molecule has 0 radical (unpaired) electrons. The normalized spacial score (nSPS) is 23.0. The number of benzene rings is 1. The Morgan fingerprint density at radius 3 is 3.06 bits per heavy atom. The van der Waals surface area contributed by atoms with Crippen molar-refractivity contribution in [3.8, 4) is 0 Å². The van der Waals surface area contributed by atoms with Crippen LogP contribution in [0.3, 0.4) is 0 Å². The van der Waals surface area contributed by atoms with Crippen molar-refractivity contribution in [1.29, 1.82) is 0 Å². The van der Waals surface area contributed by atoms with Gasteiger partial charge >= 0.3 is 0 Å². The molecule has 1 aromatic rings. The van der Waals surface area contributed by atoms with Crippen molar-refractivity contribution >= 4 is 23.4 Å². The van der Waals surface area contributed by atoms with E-state index in [0.717, 1.165) is 23.1 Å². The van der Waals surface area contributed by atoms with Gasteiger partial charge in [-0.2, -0.15) is 11.8 Å². The maximum Gasteiger partial charge on any atom is 0.0860 e. The minimum atomic E-state index is 0.228. The summed E-state index contributed by atoms with van der Waals surface area (Å²) in [6, 6.07) is 8.21. The molecule has 1 fully saturated rings. The van der Waals surface area contributed by atoms with Crippen LogP contribution in [0.4, 0.5) is 0 Å². The highest BCUT2D eigenvalue weighted by atomic mass is 35.5. The molecule has 0 aliphatic carbocycles. The molecule has 16 heavy (non-hydrogen) atoms. The van der Waals surface area contributed by atoms with E-state index in [-0.39, 0.29) is 12.1 Å². The van der Waals surface area contributed by atoms with Crippen LogP contribution in [0.25, 0.3) is 0 Å². The Hall–Kier alpha value is -0.220. The lowest BCUT2D eigenvalue weighted by Crippen LogP contribution is -2.36. The molecule has 1 heterocycles. The SMILES string of the molecule is CNC(c1cccc(Cl)c1)C1CSCCO1. The van der Waals surface area contributed by atoms with Crippen LogP contribution < -0.4 is 5.32 Å². The Bertz CT molecular complexity index is 342. The van der Waals surface area contributed by atoms with Gasteiger partial charge < -0.3 is 10.1 Å². The lowest BCUT2D eigenvalue weighted by molar-refractivity contribution is 0.0488. The van der Waals surface area contributed by atoms with E-state index in [1.165, 1.54) is 5.56 Å². The molecule has 4 heteroatoms. The third-order valence-electron chi connectivity index (χ3n) is 2.73. The Labute approximate surface area is 106 Å². The monoisotopic (exact) mass is 257 g/mol. The van der Waals surface area contributed by atoms with E-state index < -0.39 is 0 Å². The van der Waals surface area contributed by atoms with Crippen molar-refractivity contribution in [3.63, 3.8) is 0 Å². The zero-order valence-electron chi connectivity index (χ0n) is 9.28. The van der Waals surface area contributed by atoms with Gasteiger partial charge in [-0.3, -0.25) is 0 Å². The van der Waals surface area contributed by atoms with Crippen LogP contribution in [-0.2, 0) is 4.74 Å². The number of halogens is 1.